The fraction of sp³-hybridized carbons (Fsp3) is 0.455. The molecule has 1 N–H and O–H groups in total. The smallest absolute Gasteiger partial charge is 0.390 e. The molecular formula is C11H13F4NO3S. The maximum absolute atomic E-state index is 13.5. The van der Waals surface area contributed by atoms with Crippen LogP contribution in [0.5, 0.6) is 0 Å². The van der Waals surface area contributed by atoms with Crippen molar-refractivity contribution in [2.75, 3.05) is 13.6 Å². The van der Waals surface area contributed by atoms with Crippen molar-refractivity contribution in [2.45, 2.75) is 24.1 Å². The van der Waals surface area contributed by atoms with Crippen LogP contribution in [0.3, 0.4) is 0 Å². The average molecular weight is 315 g/mol. The molecule has 0 aliphatic heterocycles. The third kappa shape index (κ3) is 4.15. The van der Waals surface area contributed by atoms with E-state index in [-0.39, 0.29) is 5.56 Å². The van der Waals surface area contributed by atoms with E-state index in [2.05, 4.69) is 0 Å². The van der Waals surface area contributed by atoms with E-state index in [1.165, 1.54) is 6.07 Å². The number of halogens is 4. The number of hydrogen-bond donors (Lipinski definition) is 1. The van der Waals surface area contributed by atoms with E-state index in [1.54, 1.807) is 0 Å². The molecule has 0 aliphatic carbocycles. The number of aliphatic hydroxyl groups excluding tert-OH is 1. The van der Waals surface area contributed by atoms with Crippen LogP contribution in [-0.2, 0) is 16.6 Å². The van der Waals surface area contributed by atoms with Gasteiger partial charge in [0, 0.05) is 13.6 Å². The molecule has 4 nitrogen and oxygen atoms in total. The summed E-state index contributed by atoms with van der Waals surface area (Å²) in [5.74, 6) is -1.08. The minimum Gasteiger partial charge on any atom is -0.392 e. The van der Waals surface area contributed by atoms with Gasteiger partial charge in [0.05, 0.1) is 13.0 Å². The second kappa shape index (κ2) is 6.06. The molecule has 0 aromatic heterocycles. The molecule has 0 aliphatic rings. The molecule has 114 valence electrons. The first-order valence-corrected chi connectivity index (χ1v) is 6.94. The molecule has 20 heavy (non-hydrogen) atoms. The molecule has 0 saturated carbocycles. The van der Waals surface area contributed by atoms with E-state index in [0.717, 1.165) is 19.2 Å². The summed E-state index contributed by atoms with van der Waals surface area (Å²) >= 11 is 0. The number of nitrogens with zero attached hydrogens (tertiary/aromatic N) is 1. The van der Waals surface area contributed by atoms with Crippen LogP contribution in [0.25, 0.3) is 0 Å². The molecule has 0 unspecified atom stereocenters. The van der Waals surface area contributed by atoms with Gasteiger partial charge in [0.25, 0.3) is 0 Å². The highest BCUT2D eigenvalue weighted by Crippen LogP contribution is 2.23. The third-order valence-electron chi connectivity index (χ3n) is 2.58. The summed E-state index contributed by atoms with van der Waals surface area (Å²) in [5, 5.41) is 8.89. The molecule has 0 atom stereocenters. The largest absolute Gasteiger partial charge is 0.392 e. The Morgan fingerprint density at radius 2 is 1.90 bits per heavy atom. The van der Waals surface area contributed by atoms with Gasteiger partial charge in [-0.15, -0.1) is 0 Å². The van der Waals surface area contributed by atoms with Crippen molar-refractivity contribution in [3.8, 4) is 0 Å². The van der Waals surface area contributed by atoms with Gasteiger partial charge < -0.3 is 5.11 Å². The maximum atomic E-state index is 13.5. The van der Waals surface area contributed by atoms with Gasteiger partial charge in [-0.2, -0.15) is 13.2 Å². The number of aliphatic hydroxyl groups is 1. The molecule has 0 bridgehead atoms. The topological polar surface area (TPSA) is 57.6 Å². The lowest BCUT2D eigenvalue weighted by atomic mass is 10.2. The quantitative estimate of drug-likeness (QED) is 0.844. The SMILES string of the molecule is CN(CCC(F)(F)F)S(=O)(=O)c1cc(CO)ccc1F. The summed E-state index contributed by atoms with van der Waals surface area (Å²) in [6.07, 6.45) is -5.83. The Hall–Kier alpha value is -1.19. The first-order valence-electron chi connectivity index (χ1n) is 5.50. The molecule has 0 fully saturated rings. The predicted octanol–water partition coefficient (Wildman–Crippen LogP) is 1.89. The lowest BCUT2D eigenvalue weighted by Gasteiger charge is -2.18. The van der Waals surface area contributed by atoms with Crippen LogP contribution in [0.15, 0.2) is 23.1 Å². The normalized spacial score (nSPS) is 12.9. The Morgan fingerprint density at radius 1 is 1.30 bits per heavy atom. The van der Waals surface area contributed by atoms with Crippen molar-refractivity contribution in [1.82, 2.24) is 4.31 Å². The molecule has 9 heteroatoms. The van der Waals surface area contributed by atoms with Gasteiger partial charge in [-0.25, -0.2) is 17.1 Å². The minimum absolute atomic E-state index is 0.147. The summed E-state index contributed by atoms with van der Waals surface area (Å²) in [4.78, 5) is -0.756. The molecule has 1 aromatic rings. The summed E-state index contributed by atoms with van der Waals surface area (Å²) in [6.45, 7) is -1.32. The zero-order valence-electron chi connectivity index (χ0n) is 10.5. The predicted molar refractivity (Wildman–Crippen MR) is 62.8 cm³/mol. The van der Waals surface area contributed by atoms with E-state index in [4.69, 9.17) is 5.11 Å². The Kier molecular flexibility index (Phi) is 5.11. The highest BCUT2D eigenvalue weighted by Gasteiger charge is 2.31. The van der Waals surface area contributed by atoms with Crippen LogP contribution in [0.1, 0.15) is 12.0 Å². The Labute approximate surface area is 113 Å². The Balaban J connectivity index is 3.04. The number of alkyl halides is 3. The van der Waals surface area contributed by atoms with Crippen molar-refractivity contribution >= 4 is 10.0 Å². The van der Waals surface area contributed by atoms with Gasteiger partial charge in [-0.05, 0) is 17.7 Å². The molecule has 1 aromatic carbocycles. The van der Waals surface area contributed by atoms with Crippen LogP contribution in [-0.4, -0.2) is 37.6 Å². The van der Waals surface area contributed by atoms with Gasteiger partial charge in [0.2, 0.25) is 10.0 Å². The Morgan fingerprint density at radius 3 is 2.40 bits per heavy atom. The standard InChI is InChI=1S/C11H13F4NO3S/c1-16(5-4-11(13,14)15)20(18,19)10-6-8(7-17)2-3-9(10)12/h2-3,6,17H,4-5,7H2,1H3. The van der Waals surface area contributed by atoms with Crippen LogP contribution in [0.2, 0.25) is 0 Å². The zero-order chi connectivity index (χ0) is 15.6. The molecule has 0 radical (unpaired) electrons. The van der Waals surface area contributed by atoms with Crippen LogP contribution >= 0.6 is 0 Å². The fourth-order valence-electron chi connectivity index (χ4n) is 1.42. The third-order valence-corrected chi connectivity index (χ3v) is 4.45. The molecule has 0 spiro atoms. The maximum Gasteiger partial charge on any atom is 0.390 e. The minimum atomic E-state index is -4.50. The van der Waals surface area contributed by atoms with Crippen molar-refractivity contribution in [1.29, 1.82) is 0 Å². The first-order chi connectivity index (χ1) is 9.08. The second-order valence-electron chi connectivity index (χ2n) is 4.11. The van der Waals surface area contributed by atoms with Gasteiger partial charge in [-0.3, -0.25) is 0 Å². The average Bonchev–Trinajstić information content (AvgIpc) is 2.35. The first kappa shape index (κ1) is 16.9. The fourth-order valence-corrected chi connectivity index (χ4v) is 2.70. The van der Waals surface area contributed by atoms with E-state index in [0.29, 0.717) is 4.31 Å². The van der Waals surface area contributed by atoms with Gasteiger partial charge in [0.1, 0.15) is 10.7 Å². The zero-order valence-corrected chi connectivity index (χ0v) is 11.3. The summed E-state index contributed by atoms with van der Waals surface area (Å²) in [5.41, 5.74) is 0.147. The number of rotatable bonds is 5. The molecular weight excluding hydrogens is 302 g/mol. The van der Waals surface area contributed by atoms with Gasteiger partial charge >= 0.3 is 6.18 Å². The Bertz CT molecular complexity index is 572. The summed E-state index contributed by atoms with van der Waals surface area (Å²) < 4.78 is 74.1. The van der Waals surface area contributed by atoms with Crippen molar-refractivity contribution in [2.24, 2.45) is 0 Å². The van der Waals surface area contributed by atoms with Crippen molar-refractivity contribution < 1.29 is 31.1 Å². The van der Waals surface area contributed by atoms with Crippen molar-refractivity contribution in [3.05, 3.63) is 29.6 Å². The van der Waals surface area contributed by atoms with Crippen LogP contribution in [0.4, 0.5) is 17.6 Å². The van der Waals surface area contributed by atoms with Crippen LogP contribution < -0.4 is 0 Å². The van der Waals surface area contributed by atoms with Crippen molar-refractivity contribution in [3.63, 3.8) is 0 Å². The van der Waals surface area contributed by atoms with Gasteiger partial charge in [-0.1, -0.05) is 6.07 Å². The monoisotopic (exact) mass is 315 g/mol. The molecule has 1 rings (SSSR count). The van der Waals surface area contributed by atoms with Gasteiger partial charge in [0.15, 0.2) is 0 Å². The number of benzene rings is 1. The second-order valence-corrected chi connectivity index (χ2v) is 6.13. The number of hydrogen-bond acceptors (Lipinski definition) is 3. The van der Waals surface area contributed by atoms with E-state index in [9.17, 15) is 26.0 Å². The summed E-state index contributed by atoms with van der Waals surface area (Å²) in [6, 6.07) is 2.93. The molecule has 0 amide bonds. The molecule has 0 saturated heterocycles. The van der Waals surface area contributed by atoms with E-state index >= 15 is 0 Å². The van der Waals surface area contributed by atoms with E-state index < -0.39 is 46.5 Å². The summed E-state index contributed by atoms with van der Waals surface area (Å²) in [7, 11) is -3.44. The highest BCUT2D eigenvalue weighted by atomic mass is 32.2. The molecule has 0 heterocycles. The lowest BCUT2D eigenvalue weighted by molar-refractivity contribution is -0.135. The lowest BCUT2D eigenvalue weighted by Crippen LogP contribution is -2.31. The van der Waals surface area contributed by atoms with Crippen LogP contribution in [0, 0.1) is 5.82 Å². The highest BCUT2D eigenvalue weighted by molar-refractivity contribution is 7.89. The van der Waals surface area contributed by atoms with E-state index in [1.807, 2.05) is 0 Å². The number of sulfonamides is 1.